The van der Waals surface area contributed by atoms with Crippen LogP contribution in [0.15, 0.2) is 41.1 Å². The molecule has 2 heterocycles. The van der Waals surface area contributed by atoms with E-state index in [1.54, 1.807) is 0 Å². The second kappa shape index (κ2) is 5.24. The number of halogens is 1. The summed E-state index contributed by atoms with van der Waals surface area (Å²) < 4.78 is 8.56. The predicted octanol–water partition coefficient (Wildman–Crippen LogP) is 3.66. The van der Waals surface area contributed by atoms with Gasteiger partial charge in [-0.2, -0.15) is 5.10 Å². The molecule has 0 N–H and O–H groups in total. The van der Waals surface area contributed by atoms with Crippen molar-refractivity contribution in [3.05, 3.63) is 41.1 Å². The van der Waals surface area contributed by atoms with E-state index in [0.717, 1.165) is 30.5 Å². The minimum absolute atomic E-state index is 0.489. The van der Waals surface area contributed by atoms with E-state index in [0.29, 0.717) is 6.04 Å². The third-order valence-corrected chi connectivity index (χ3v) is 3.87. The molecule has 1 fully saturated rings. The third kappa shape index (κ3) is 2.49. The molecule has 0 atom stereocenters. The van der Waals surface area contributed by atoms with Crippen LogP contribution in [0.5, 0.6) is 0 Å². The second-order valence-electron chi connectivity index (χ2n) is 4.56. The normalized spacial score (nSPS) is 16.9. The highest BCUT2D eigenvalue weighted by Gasteiger charge is 2.16. The maximum atomic E-state index is 5.38. The van der Waals surface area contributed by atoms with Crippen LogP contribution >= 0.6 is 15.9 Å². The minimum atomic E-state index is 0.489. The molecular formula is C14H15BrN2O. The van der Waals surface area contributed by atoms with Crippen LogP contribution in [0.25, 0.3) is 11.1 Å². The fourth-order valence-corrected chi connectivity index (χ4v) is 2.54. The van der Waals surface area contributed by atoms with Gasteiger partial charge in [-0.25, -0.2) is 0 Å². The summed E-state index contributed by atoms with van der Waals surface area (Å²) in [5.74, 6) is 0. The number of benzene rings is 1. The molecule has 0 saturated carbocycles. The summed E-state index contributed by atoms with van der Waals surface area (Å²) in [5.41, 5.74) is 2.38. The average molecular weight is 307 g/mol. The first-order valence-electron chi connectivity index (χ1n) is 6.21. The molecule has 1 aromatic carbocycles. The quantitative estimate of drug-likeness (QED) is 0.846. The van der Waals surface area contributed by atoms with E-state index < -0.39 is 0 Å². The first-order chi connectivity index (χ1) is 8.83. The molecule has 2 aromatic rings. The number of hydrogen-bond donors (Lipinski definition) is 0. The zero-order chi connectivity index (χ0) is 12.4. The van der Waals surface area contributed by atoms with Crippen LogP contribution in [0, 0.1) is 0 Å². The second-order valence-corrected chi connectivity index (χ2v) is 5.48. The summed E-state index contributed by atoms with van der Waals surface area (Å²) in [5, 5.41) is 4.49. The van der Waals surface area contributed by atoms with E-state index in [4.69, 9.17) is 4.74 Å². The van der Waals surface area contributed by atoms with Crippen LogP contribution in [0.2, 0.25) is 0 Å². The summed E-state index contributed by atoms with van der Waals surface area (Å²) in [4.78, 5) is 0. The molecule has 0 unspecified atom stereocenters. The highest BCUT2D eigenvalue weighted by atomic mass is 79.9. The van der Waals surface area contributed by atoms with Gasteiger partial charge in [0.2, 0.25) is 0 Å². The van der Waals surface area contributed by atoms with Gasteiger partial charge in [0.05, 0.1) is 12.2 Å². The monoisotopic (exact) mass is 306 g/mol. The van der Waals surface area contributed by atoms with Gasteiger partial charge in [-0.05, 0) is 30.5 Å². The number of nitrogens with zero attached hydrogens (tertiary/aromatic N) is 2. The molecule has 3 nitrogen and oxygen atoms in total. The van der Waals surface area contributed by atoms with Gasteiger partial charge < -0.3 is 4.74 Å². The van der Waals surface area contributed by atoms with Crippen molar-refractivity contribution in [3.63, 3.8) is 0 Å². The van der Waals surface area contributed by atoms with Gasteiger partial charge in [0, 0.05) is 29.4 Å². The molecule has 4 heteroatoms. The summed E-state index contributed by atoms with van der Waals surface area (Å²) >= 11 is 3.45. The lowest BCUT2D eigenvalue weighted by Gasteiger charge is -2.22. The van der Waals surface area contributed by atoms with E-state index in [1.165, 1.54) is 11.1 Å². The number of ether oxygens (including phenoxy) is 1. The van der Waals surface area contributed by atoms with Crippen LogP contribution in [0.4, 0.5) is 0 Å². The Morgan fingerprint density at radius 2 is 1.83 bits per heavy atom. The maximum absolute atomic E-state index is 5.38. The number of rotatable bonds is 2. The average Bonchev–Trinajstić information content (AvgIpc) is 2.90. The van der Waals surface area contributed by atoms with Gasteiger partial charge in [-0.1, -0.05) is 28.1 Å². The summed E-state index contributed by atoms with van der Waals surface area (Å²) in [7, 11) is 0. The summed E-state index contributed by atoms with van der Waals surface area (Å²) in [6.45, 7) is 1.69. The van der Waals surface area contributed by atoms with Gasteiger partial charge in [0.1, 0.15) is 0 Å². The maximum Gasteiger partial charge on any atom is 0.0568 e. The molecule has 0 radical (unpaired) electrons. The molecule has 0 amide bonds. The number of aromatic nitrogens is 2. The lowest BCUT2D eigenvalue weighted by Crippen LogP contribution is -2.19. The van der Waals surface area contributed by atoms with Crippen molar-refractivity contribution in [2.24, 2.45) is 0 Å². The van der Waals surface area contributed by atoms with Crippen LogP contribution in [-0.4, -0.2) is 23.0 Å². The Morgan fingerprint density at radius 3 is 2.56 bits per heavy atom. The van der Waals surface area contributed by atoms with Gasteiger partial charge in [0.25, 0.3) is 0 Å². The Bertz CT molecular complexity index is 515. The first kappa shape index (κ1) is 11.9. The topological polar surface area (TPSA) is 27.1 Å². The summed E-state index contributed by atoms with van der Waals surface area (Å²) in [6.07, 6.45) is 6.20. The largest absolute Gasteiger partial charge is 0.381 e. The molecular weight excluding hydrogens is 292 g/mol. The fraction of sp³-hybridized carbons (Fsp3) is 0.357. The van der Waals surface area contributed by atoms with Gasteiger partial charge in [-0.3, -0.25) is 4.68 Å². The van der Waals surface area contributed by atoms with Crippen molar-refractivity contribution >= 4 is 15.9 Å². The van der Waals surface area contributed by atoms with Crippen LogP contribution in [0.3, 0.4) is 0 Å². The Labute approximate surface area is 115 Å². The van der Waals surface area contributed by atoms with Crippen LogP contribution < -0.4 is 0 Å². The van der Waals surface area contributed by atoms with Crippen molar-refractivity contribution in [2.75, 3.05) is 13.2 Å². The Hall–Kier alpha value is -1.13. The van der Waals surface area contributed by atoms with E-state index in [2.05, 4.69) is 56.2 Å². The molecule has 1 aliphatic rings. The van der Waals surface area contributed by atoms with Crippen molar-refractivity contribution < 1.29 is 4.74 Å². The molecule has 94 valence electrons. The Kier molecular flexibility index (Phi) is 3.48. The Balaban J connectivity index is 1.82. The molecule has 1 aromatic heterocycles. The summed E-state index contributed by atoms with van der Waals surface area (Å²) in [6, 6.07) is 8.82. The van der Waals surface area contributed by atoms with Crippen molar-refractivity contribution in [2.45, 2.75) is 18.9 Å². The van der Waals surface area contributed by atoms with Gasteiger partial charge in [-0.15, -0.1) is 0 Å². The SMILES string of the molecule is Brc1ccc(-c2cnn(C3CCOCC3)c2)cc1. The molecule has 0 bridgehead atoms. The van der Waals surface area contributed by atoms with Crippen molar-refractivity contribution in [1.29, 1.82) is 0 Å². The smallest absolute Gasteiger partial charge is 0.0568 e. The highest BCUT2D eigenvalue weighted by molar-refractivity contribution is 9.10. The predicted molar refractivity (Wildman–Crippen MR) is 74.5 cm³/mol. The molecule has 1 aliphatic heterocycles. The molecule has 18 heavy (non-hydrogen) atoms. The van der Waals surface area contributed by atoms with Crippen molar-refractivity contribution in [1.82, 2.24) is 9.78 Å². The van der Waals surface area contributed by atoms with Crippen LogP contribution in [0.1, 0.15) is 18.9 Å². The van der Waals surface area contributed by atoms with E-state index in [-0.39, 0.29) is 0 Å². The van der Waals surface area contributed by atoms with E-state index in [1.807, 2.05) is 6.20 Å². The van der Waals surface area contributed by atoms with Gasteiger partial charge in [0.15, 0.2) is 0 Å². The first-order valence-corrected chi connectivity index (χ1v) is 7.00. The molecule has 3 rings (SSSR count). The van der Waals surface area contributed by atoms with Crippen LogP contribution in [-0.2, 0) is 4.74 Å². The number of hydrogen-bond acceptors (Lipinski definition) is 2. The zero-order valence-corrected chi connectivity index (χ0v) is 11.6. The van der Waals surface area contributed by atoms with Gasteiger partial charge >= 0.3 is 0 Å². The Morgan fingerprint density at radius 1 is 1.11 bits per heavy atom. The lowest BCUT2D eigenvalue weighted by atomic mass is 10.1. The fourth-order valence-electron chi connectivity index (χ4n) is 2.28. The molecule has 0 aliphatic carbocycles. The standard InChI is InChI=1S/C14H15BrN2O/c15-13-3-1-11(2-4-13)12-9-16-17(10-12)14-5-7-18-8-6-14/h1-4,9-10,14H,5-8H2. The lowest BCUT2D eigenvalue weighted by molar-refractivity contribution is 0.0662. The van der Waals surface area contributed by atoms with E-state index in [9.17, 15) is 0 Å². The third-order valence-electron chi connectivity index (χ3n) is 3.34. The highest BCUT2D eigenvalue weighted by Crippen LogP contribution is 2.25. The zero-order valence-electron chi connectivity index (χ0n) is 10.1. The molecule has 0 spiro atoms. The van der Waals surface area contributed by atoms with Crippen molar-refractivity contribution in [3.8, 4) is 11.1 Å². The van der Waals surface area contributed by atoms with E-state index >= 15 is 0 Å². The molecule has 1 saturated heterocycles. The minimum Gasteiger partial charge on any atom is -0.381 e.